The maximum atomic E-state index is 11.8. The van der Waals surface area contributed by atoms with E-state index in [0.29, 0.717) is 12.8 Å². The first kappa shape index (κ1) is 12.8. The molecule has 7 heteroatoms. The van der Waals surface area contributed by atoms with Crippen LogP contribution in [0.5, 0.6) is 0 Å². The Kier molecular flexibility index (Phi) is 4.14. The van der Waals surface area contributed by atoms with Gasteiger partial charge in [-0.2, -0.15) is 13.2 Å². The van der Waals surface area contributed by atoms with E-state index in [1.165, 1.54) is 0 Å². The molecule has 0 radical (unpaired) electrons. The van der Waals surface area contributed by atoms with E-state index in [-0.39, 0.29) is 13.0 Å². The average molecular weight is 238 g/mol. The number of nitrogens with zero attached hydrogens (tertiary/aromatic N) is 1. The second-order valence-electron chi connectivity index (χ2n) is 3.63. The third kappa shape index (κ3) is 4.08. The van der Waals surface area contributed by atoms with Crippen molar-refractivity contribution < 1.29 is 22.8 Å². The number of hydrogen-bond donors (Lipinski definition) is 1. The summed E-state index contributed by atoms with van der Waals surface area (Å²) in [4.78, 5) is 23.5. The molecule has 1 fully saturated rings. The summed E-state index contributed by atoms with van der Waals surface area (Å²) in [5.74, 6) is -0.405. The average Bonchev–Trinajstić information content (AvgIpc) is 2.38. The number of halogens is 3. The Morgan fingerprint density at radius 2 is 2.00 bits per heavy atom. The van der Waals surface area contributed by atoms with E-state index in [4.69, 9.17) is 0 Å². The number of carbonyl (C=O) groups is 2. The van der Waals surface area contributed by atoms with Gasteiger partial charge in [0, 0.05) is 13.0 Å². The molecule has 0 unspecified atom stereocenters. The number of hydrogen-bond acceptors (Lipinski definition) is 2. The summed E-state index contributed by atoms with van der Waals surface area (Å²) in [6, 6.07) is -0.954. The van der Waals surface area contributed by atoms with Crippen molar-refractivity contribution in [2.24, 2.45) is 0 Å². The van der Waals surface area contributed by atoms with Crippen molar-refractivity contribution >= 4 is 11.9 Å². The van der Waals surface area contributed by atoms with Crippen LogP contribution in [0.4, 0.5) is 18.0 Å². The monoisotopic (exact) mass is 238 g/mol. The van der Waals surface area contributed by atoms with Crippen LogP contribution in [0.15, 0.2) is 0 Å². The van der Waals surface area contributed by atoms with Crippen LogP contribution in [-0.2, 0) is 4.79 Å². The Morgan fingerprint density at radius 1 is 1.31 bits per heavy atom. The predicted molar refractivity (Wildman–Crippen MR) is 49.6 cm³/mol. The van der Waals surface area contributed by atoms with Gasteiger partial charge in [0.15, 0.2) is 0 Å². The van der Waals surface area contributed by atoms with Gasteiger partial charge in [-0.25, -0.2) is 4.79 Å². The summed E-state index contributed by atoms with van der Waals surface area (Å²) >= 11 is 0. The summed E-state index contributed by atoms with van der Waals surface area (Å²) < 4.78 is 35.5. The molecular weight excluding hydrogens is 225 g/mol. The van der Waals surface area contributed by atoms with E-state index in [0.717, 1.165) is 11.3 Å². The fourth-order valence-electron chi connectivity index (χ4n) is 1.47. The van der Waals surface area contributed by atoms with Crippen molar-refractivity contribution in [3.05, 3.63) is 0 Å². The van der Waals surface area contributed by atoms with Crippen molar-refractivity contribution in [2.45, 2.75) is 31.9 Å². The van der Waals surface area contributed by atoms with E-state index in [9.17, 15) is 22.8 Å². The topological polar surface area (TPSA) is 49.4 Å². The highest BCUT2D eigenvalue weighted by Crippen LogP contribution is 2.14. The molecule has 0 saturated carbocycles. The normalized spacial score (nSPS) is 18.2. The van der Waals surface area contributed by atoms with Gasteiger partial charge in [0.05, 0.1) is 0 Å². The molecule has 0 aromatic heterocycles. The van der Waals surface area contributed by atoms with Gasteiger partial charge < -0.3 is 5.32 Å². The minimum Gasteiger partial charge on any atom is -0.328 e. The highest BCUT2D eigenvalue weighted by Gasteiger charge is 2.30. The molecule has 0 atom stereocenters. The van der Waals surface area contributed by atoms with Crippen molar-refractivity contribution in [2.75, 3.05) is 13.1 Å². The zero-order valence-electron chi connectivity index (χ0n) is 8.64. The van der Waals surface area contributed by atoms with Gasteiger partial charge in [0.1, 0.15) is 6.54 Å². The highest BCUT2D eigenvalue weighted by molar-refractivity contribution is 5.94. The van der Waals surface area contributed by atoms with Crippen LogP contribution in [0.2, 0.25) is 0 Å². The molecule has 1 aliphatic heterocycles. The van der Waals surface area contributed by atoms with Crippen molar-refractivity contribution in [1.29, 1.82) is 0 Å². The molecule has 0 bridgehead atoms. The van der Waals surface area contributed by atoms with Gasteiger partial charge in [-0.3, -0.25) is 9.69 Å². The van der Waals surface area contributed by atoms with Crippen LogP contribution < -0.4 is 5.32 Å². The number of urea groups is 1. The fraction of sp³-hybridized carbons (Fsp3) is 0.778. The molecule has 0 spiro atoms. The number of rotatable bonds is 1. The molecule has 1 rings (SSSR count). The van der Waals surface area contributed by atoms with Gasteiger partial charge in [-0.1, -0.05) is 6.42 Å². The first-order chi connectivity index (χ1) is 7.40. The maximum Gasteiger partial charge on any atom is 0.405 e. The summed E-state index contributed by atoms with van der Waals surface area (Å²) in [6.07, 6.45) is -2.09. The highest BCUT2D eigenvalue weighted by atomic mass is 19.4. The van der Waals surface area contributed by atoms with Gasteiger partial charge in [0.25, 0.3) is 0 Å². The largest absolute Gasteiger partial charge is 0.405 e. The molecular formula is C9H13F3N2O2. The van der Waals surface area contributed by atoms with Crippen LogP contribution >= 0.6 is 0 Å². The van der Waals surface area contributed by atoms with Gasteiger partial charge in [0.2, 0.25) is 5.91 Å². The van der Waals surface area contributed by atoms with Gasteiger partial charge in [-0.05, 0) is 12.8 Å². The Morgan fingerprint density at radius 3 is 2.62 bits per heavy atom. The molecule has 1 heterocycles. The zero-order valence-corrected chi connectivity index (χ0v) is 8.64. The first-order valence-electron chi connectivity index (χ1n) is 5.05. The number of likely N-dealkylation sites (tertiary alicyclic amines) is 1. The molecule has 0 aromatic carbocycles. The van der Waals surface area contributed by atoms with Crippen LogP contribution in [0.3, 0.4) is 0 Å². The van der Waals surface area contributed by atoms with Crippen molar-refractivity contribution in [3.8, 4) is 0 Å². The third-order valence-electron chi connectivity index (χ3n) is 2.26. The summed E-state index contributed by atoms with van der Waals surface area (Å²) in [5, 5.41) is 1.69. The maximum absolute atomic E-state index is 11.8. The Balaban J connectivity index is 2.48. The molecule has 1 N–H and O–H groups in total. The lowest BCUT2D eigenvalue weighted by atomic mass is 10.2. The minimum atomic E-state index is -4.45. The second-order valence-corrected chi connectivity index (χ2v) is 3.63. The van der Waals surface area contributed by atoms with Crippen LogP contribution in [0.1, 0.15) is 25.7 Å². The van der Waals surface area contributed by atoms with Crippen LogP contribution in [0, 0.1) is 0 Å². The standard InChI is InChI=1S/C9H13F3N2O2/c10-9(11,12)6-13-8(16)14-5-3-1-2-4-7(14)15/h1-6H2,(H,13,16). The molecule has 0 aromatic rings. The molecule has 4 nitrogen and oxygen atoms in total. The van der Waals surface area contributed by atoms with E-state index >= 15 is 0 Å². The first-order valence-corrected chi connectivity index (χ1v) is 5.05. The Labute approximate surface area is 90.8 Å². The van der Waals surface area contributed by atoms with Crippen LogP contribution in [-0.4, -0.2) is 36.1 Å². The number of amides is 3. The van der Waals surface area contributed by atoms with Gasteiger partial charge in [-0.15, -0.1) is 0 Å². The van der Waals surface area contributed by atoms with Crippen LogP contribution in [0.25, 0.3) is 0 Å². The molecule has 16 heavy (non-hydrogen) atoms. The number of carbonyl (C=O) groups excluding carboxylic acids is 2. The zero-order chi connectivity index (χ0) is 12.2. The van der Waals surface area contributed by atoms with Gasteiger partial charge >= 0.3 is 12.2 Å². The summed E-state index contributed by atoms with van der Waals surface area (Å²) in [6.45, 7) is -1.21. The lowest BCUT2D eigenvalue weighted by Crippen LogP contribution is -2.46. The van der Waals surface area contributed by atoms with E-state index in [1.807, 2.05) is 0 Å². The van der Waals surface area contributed by atoms with E-state index in [1.54, 1.807) is 5.32 Å². The van der Waals surface area contributed by atoms with Crippen molar-refractivity contribution in [3.63, 3.8) is 0 Å². The number of imide groups is 1. The Hall–Kier alpha value is -1.27. The predicted octanol–water partition coefficient (Wildman–Crippen LogP) is 1.66. The SMILES string of the molecule is O=C1CCCCCN1C(=O)NCC(F)(F)F. The Bertz CT molecular complexity index is 278. The molecule has 3 amide bonds. The lowest BCUT2D eigenvalue weighted by Gasteiger charge is -2.19. The molecule has 1 aliphatic rings. The summed E-state index contributed by atoms with van der Waals surface area (Å²) in [5.41, 5.74) is 0. The molecule has 92 valence electrons. The van der Waals surface area contributed by atoms with Crippen molar-refractivity contribution in [1.82, 2.24) is 10.2 Å². The number of alkyl halides is 3. The lowest BCUT2D eigenvalue weighted by molar-refractivity contribution is -0.130. The molecule has 1 saturated heterocycles. The summed E-state index contributed by atoms with van der Waals surface area (Å²) in [7, 11) is 0. The van der Waals surface area contributed by atoms with E-state index < -0.39 is 24.7 Å². The minimum absolute atomic E-state index is 0.197. The fourth-order valence-corrected chi connectivity index (χ4v) is 1.47. The number of nitrogens with one attached hydrogen (secondary N) is 1. The third-order valence-corrected chi connectivity index (χ3v) is 2.26. The quantitative estimate of drug-likeness (QED) is 0.755. The van der Waals surface area contributed by atoms with E-state index in [2.05, 4.69) is 0 Å². The second kappa shape index (κ2) is 5.18. The molecule has 0 aliphatic carbocycles. The smallest absolute Gasteiger partial charge is 0.328 e.